The molecule has 0 heterocycles. The summed E-state index contributed by atoms with van der Waals surface area (Å²) in [6.45, 7) is 3.92. The van der Waals surface area contributed by atoms with Gasteiger partial charge >= 0.3 is 6.18 Å². The van der Waals surface area contributed by atoms with Gasteiger partial charge in [0.1, 0.15) is 5.56 Å². The van der Waals surface area contributed by atoms with Gasteiger partial charge in [0.2, 0.25) is 0 Å². The van der Waals surface area contributed by atoms with Gasteiger partial charge in [-0.1, -0.05) is 19.8 Å². The SMILES string of the molecule is CCOc1ccc(C(=O)CC2CCC(C3CCC(C)CC3)CC2)c(C(F)(F)F)c1F. The molecule has 1 aromatic rings. The summed E-state index contributed by atoms with van der Waals surface area (Å²) in [6, 6.07) is 2.19. The first-order valence-corrected chi connectivity index (χ1v) is 11.3. The number of hydrogen-bond acceptors (Lipinski definition) is 2. The van der Waals surface area contributed by atoms with E-state index < -0.39 is 34.7 Å². The van der Waals surface area contributed by atoms with Crippen molar-refractivity contribution in [3.8, 4) is 5.75 Å². The van der Waals surface area contributed by atoms with Crippen LogP contribution in [-0.4, -0.2) is 12.4 Å². The monoisotopic (exact) mass is 428 g/mol. The number of rotatable bonds is 6. The Morgan fingerprint density at radius 3 is 2.10 bits per heavy atom. The first kappa shape index (κ1) is 23.1. The van der Waals surface area contributed by atoms with E-state index in [1.165, 1.54) is 25.7 Å². The average Bonchev–Trinajstić information content (AvgIpc) is 2.69. The number of Topliss-reactive ketones (excluding diaryl/α,β-unsaturated/α-hetero) is 1. The molecule has 1 aromatic carbocycles. The Bertz CT molecular complexity index is 727. The van der Waals surface area contributed by atoms with Gasteiger partial charge in [-0.3, -0.25) is 4.79 Å². The number of ether oxygens (including phenoxy) is 1. The van der Waals surface area contributed by atoms with Crippen molar-refractivity contribution in [1.82, 2.24) is 0 Å². The van der Waals surface area contributed by atoms with Crippen molar-refractivity contribution in [3.05, 3.63) is 29.1 Å². The van der Waals surface area contributed by atoms with Crippen LogP contribution in [0.5, 0.6) is 5.75 Å². The molecular weight excluding hydrogens is 396 g/mol. The molecule has 0 bridgehead atoms. The van der Waals surface area contributed by atoms with E-state index in [2.05, 4.69) is 6.92 Å². The average molecular weight is 429 g/mol. The summed E-state index contributed by atoms with van der Waals surface area (Å²) < 4.78 is 59.9. The first-order valence-electron chi connectivity index (χ1n) is 11.3. The molecule has 2 saturated carbocycles. The third-order valence-electron chi connectivity index (χ3n) is 7.08. The molecule has 0 spiro atoms. The van der Waals surface area contributed by atoms with Gasteiger partial charge in [0.05, 0.1) is 6.61 Å². The predicted octanol–water partition coefficient (Wildman–Crippen LogP) is 7.45. The van der Waals surface area contributed by atoms with E-state index in [0.29, 0.717) is 5.92 Å². The summed E-state index contributed by atoms with van der Waals surface area (Å²) in [7, 11) is 0. The molecule has 6 heteroatoms. The van der Waals surface area contributed by atoms with Crippen LogP contribution in [0.25, 0.3) is 0 Å². The third-order valence-corrected chi connectivity index (χ3v) is 7.08. The van der Waals surface area contributed by atoms with E-state index in [-0.39, 0.29) is 18.9 Å². The topological polar surface area (TPSA) is 26.3 Å². The Morgan fingerprint density at radius 1 is 1.00 bits per heavy atom. The highest BCUT2D eigenvalue weighted by molar-refractivity contribution is 5.98. The Labute approximate surface area is 176 Å². The second-order valence-electron chi connectivity index (χ2n) is 9.16. The van der Waals surface area contributed by atoms with Crippen LogP contribution in [0.15, 0.2) is 12.1 Å². The van der Waals surface area contributed by atoms with E-state index in [9.17, 15) is 22.4 Å². The second-order valence-corrected chi connectivity index (χ2v) is 9.16. The molecule has 168 valence electrons. The second kappa shape index (κ2) is 9.69. The smallest absolute Gasteiger partial charge is 0.420 e. The minimum absolute atomic E-state index is 0.0463. The highest BCUT2D eigenvalue weighted by Crippen LogP contribution is 2.43. The summed E-state index contributed by atoms with van der Waals surface area (Å²) in [4.78, 5) is 12.7. The van der Waals surface area contributed by atoms with Crippen LogP contribution in [0, 0.1) is 29.5 Å². The highest BCUT2D eigenvalue weighted by Gasteiger charge is 2.40. The maximum atomic E-state index is 14.4. The predicted molar refractivity (Wildman–Crippen MR) is 108 cm³/mol. The molecule has 2 aliphatic rings. The van der Waals surface area contributed by atoms with Crippen LogP contribution in [0.3, 0.4) is 0 Å². The van der Waals surface area contributed by atoms with Crippen molar-refractivity contribution in [2.24, 2.45) is 23.7 Å². The highest BCUT2D eigenvalue weighted by atomic mass is 19.4. The van der Waals surface area contributed by atoms with Gasteiger partial charge in [0.25, 0.3) is 0 Å². The zero-order chi connectivity index (χ0) is 21.9. The molecule has 0 aliphatic heterocycles. The molecule has 0 aromatic heterocycles. The van der Waals surface area contributed by atoms with Crippen molar-refractivity contribution in [2.45, 2.75) is 77.8 Å². The fourth-order valence-corrected chi connectivity index (χ4v) is 5.33. The van der Waals surface area contributed by atoms with Gasteiger partial charge < -0.3 is 4.74 Å². The number of benzene rings is 1. The van der Waals surface area contributed by atoms with Crippen LogP contribution >= 0.6 is 0 Å². The molecule has 0 saturated heterocycles. The summed E-state index contributed by atoms with van der Waals surface area (Å²) in [6.07, 6.45) is 4.03. The number of carbonyl (C=O) groups excluding carboxylic acids is 1. The molecule has 3 rings (SSSR count). The van der Waals surface area contributed by atoms with E-state index in [1.807, 2.05) is 0 Å². The molecule has 30 heavy (non-hydrogen) atoms. The minimum Gasteiger partial charge on any atom is -0.491 e. The van der Waals surface area contributed by atoms with E-state index >= 15 is 0 Å². The lowest BCUT2D eigenvalue weighted by atomic mass is 9.69. The summed E-state index contributed by atoms with van der Waals surface area (Å²) >= 11 is 0. The van der Waals surface area contributed by atoms with E-state index in [4.69, 9.17) is 4.74 Å². The summed E-state index contributed by atoms with van der Waals surface area (Å²) in [5.74, 6) is -0.264. The van der Waals surface area contributed by atoms with Gasteiger partial charge in [-0.25, -0.2) is 4.39 Å². The molecule has 2 aliphatic carbocycles. The number of halogens is 4. The Balaban J connectivity index is 1.64. The largest absolute Gasteiger partial charge is 0.491 e. The van der Waals surface area contributed by atoms with Gasteiger partial charge in [-0.05, 0) is 81.3 Å². The van der Waals surface area contributed by atoms with Crippen molar-refractivity contribution < 1.29 is 27.1 Å². The maximum absolute atomic E-state index is 14.4. The molecule has 0 unspecified atom stereocenters. The summed E-state index contributed by atoms with van der Waals surface area (Å²) in [5.41, 5.74) is -2.07. The normalized spacial score (nSPS) is 27.7. The van der Waals surface area contributed by atoms with Crippen molar-refractivity contribution in [1.29, 1.82) is 0 Å². The Morgan fingerprint density at radius 2 is 1.57 bits per heavy atom. The standard InChI is InChI=1S/C24H32F4O2/c1-3-30-21-13-12-19(22(23(21)25)24(26,27)28)20(29)14-16-6-10-18(11-7-16)17-8-4-15(2)5-9-17/h12-13,15-18H,3-11,14H2,1-2H3. The molecule has 0 amide bonds. The van der Waals surface area contributed by atoms with Gasteiger partial charge in [0.15, 0.2) is 17.3 Å². The van der Waals surface area contributed by atoms with Crippen molar-refractivity contribution in [3.63, 3.8) is 0 Å². The van der Waals surface area contributed by atoms with E-state index in [0.717, 1.165) is 49.7 Å². The van der Waals surface area contributed by atoms with Crippen molar-refractivity contribution >= 4 is 5.78 Å². The van der Waals surface area contributed by atoms with Gasteiger partial charge in [0, 0.05) is 12.0 Å². The zero-order valence-electron chi connectivity index (χ0n) is 17.9. The molecular formula is C24H32F4O2. The zero-order valence-corrected chi connectivity index (χ0v) is 17.9. The number of ketones is 1. The molecule has 2 nitrogen and oxygen atoms in total. The molecule has 0 atom stereocenters. The Kier molecular flexibility index (Phi) is 7.46. The minimum atomic E-state index is -4.95. The molecule has 2 fully saturated rings. The fourth-order valence-electron chi connectivity index (χ4n) is 5.33. The van der Waals surface area contributed by atoms with Gasteiger partial charge in [-0.2, -0.15) is 13.2 Å². The Hall–Kier alpha value is -1.59. The lowest BCUT2D eigenvalue weighted by Gasteiger charge is -2.37. The quantitative estimate of drug-likeness (QED) is 0.347. The van der Waals surface area contributed by atoms with Crippen LogP contribution < -0.4 is 4.74 Å². The number of hydrogen-bond donors (Lipinski definition) is 0. The maximum Gasteiger partial charge on any atom is 0.420 e. The lowest BCUT2D eigenvalue weighted by molar-refractivity contribution is -0.140. The number of carbonyl (C=O) groups is 1. The van der Waals surface area contributed by atoms with Crippen LogP contribution in [-0.2, 0) is 6.18 Å². The van der Waals surface area contributed by atoms with Crippen molar-refractivity contribution in [2.75, 3.05) is 6.61 Å². The fraction of sp³-hybridized carbons (Fsp3) is 0.708. The number of alkyl halides is 3. The van der Waals surface area contributed by atoms with Gasteiger partial charge in [-0.15, -0.1) is 0 Å². The van der Waals surface area contributed by atoms with Crippen LogP contribution in [0.1, 0.15) is 87.6 Å². The van der Waals surface area contributed by atoms with Crippen LogP contribution in [0.2, 0.25) is 0 Å². The molecule has 0 N–H and O–H groups in total. The lowest BCUT2D eigenvalue weighted by Crippen LogP contribution is -2.26. The van der Waals surface area contributed by atoms with E-state index in [1.54, 1.807) is 6.92 Å². The third kappa shape index (κ3) is 5.36. The molecule has 0 radical (unpaired) electrons. The van der Waals surface area contributed by atoms with Crippen LogP contribution in [0.4, 0.5) is 17.6 Å². The first-order chi connectivity index (χ1) is 14.2. The summed E-state index contributed by atoms with van der Waals surface area (Å²) in [5, 5.41) is 0.